The number of fused-ring (bicyclic) bond motifs is 1. The van der Waals surface area contributed by atoms with E-state index < -0.39 is 0 Å². The van der Waals surface area contributed by atoms with Crippen molar-refractivity contribution in [2.24, 2.45) is 4.99 Å². The van der Waals surface area contributed by atoms with Crippen LogP contribution < -0.4 is 0 Å². The van der Waals surface area contributed by atoms with Gasteiger partial charge in [-0.2, -0.15) is 10.1 Å². The molecule has 0 aliphatic carbocycles. The number of allylic oxidation sites excluding steroid dienone is 2. The number of nitrogens with zero attached hydrogens (tertiary/aromatic N) is 2. The zero-order chi connectivity index (χ0) is 7.68. The highest BCUT2D eigenvalue weighted by Crippen LogP contribution is 2.20. The molecule has 0 radical (unpaired) electrons. The maximum absolute atomic E-state index is 4.00. The molecule has 1 N–H and O–H groups in total. The van der Waals surface area contributed by atoms with Crippen molar-refractivity contribution in [3.8, 4) is 0 Å². The monoisotopic (exact) mass is 145 g/mol. The van der Waals surface area contributed by atoms with Crippen LogP contribution in [0.2, 0.25) is 0 Å². The van der Waals surface area contributed by atoms with Crippen LogP contribution in [0.5, 0.6) is 0 Å². The number of aryl methyl sites for hydroxylation is 1. The number of aromatic amines is 1. The van der Waals surface area contributed by atoms with Crippen molar-refractivity contribution < 1.29 is 0 Å². The predicted octanol–water partition coefficient (Wildman–Crippen LogP) is 1.60. The molecule has 1 aromatic rings. The summed E-state index contributed by atoms with van der Waals surface area (Å²) in [6.07, 6.45) is 5.64. The fourth-order valence-corrected chi connectivity index (χ4v) is 0.996. The number of hydrogen-bond donors (Lipinski definition) is 1. The average Bonchev–Trinajstić information content (AvgIpc) is 2.25. The maximum Gasteiger partial charge on any atom is 0.190 e. The van der Waals surface area contributed by atoms with E-state index in [1.165, 1.54) is 0 Å². The molecule has 0 amide bonds. The van der Waals surface area contributed by atoms with Gasteiger partial charge in [-0.05, 0) is 24.9 Å². The largest absolute Gasteiger partial charge is 0.280 e. The molecule has 1 aliphatic heterocycles. The standard InChI is InChI=1S/C8H7N3/c1-6-7-4-2-3-5-9-8(7)11-10-6/h2-4H,1H3,(H,10,11). The van der Waals surface area contributed by atoms with Crippen LogP contribution in [0.15, 0.2) is 17.1 Å². The highest BCUT2D eigenvalue weighted by Gasteiger charge is 2.05. The van der Waals surface area contributed by atoms with Gasteiger partial charge in [0.1, 0.15) is 0 Å². The van der Waals surface area contributed by atoms with Gasteiger partial charge in [0.15, 0.2) is 5.82 Å². The van der Waals surface area contributed by atoms with Gasteiger partial charge in [-0.1, -0.05) is 6.08 Å². The fourth-order valence-electron chi connectivity index (χ4n) is 0.996. The molecule has 3 heteroatoms. The van der Waals surface area contributed by atoms with Crippen LogP contribution in [-0.4, -0.2) is 16.1 Å². The normalized spacial score (nSPS) is 13.2. The van der Waals surface area contributed by atoms with Gasteiger partial charge >= 0.3 is 0 Å². The van der Waals surface area contributed by atoms with Gasteiger partial charge in [-0.25, -0.2) is 0 Å². The Morgan fingerprint density at radius 2 is 2.45 bits per heavy atom. The van der Waals surface area contributed by atoms with Crippen LogP contribution in [0.3, 0.4) is 0 Å². The van der Waals surface area contributed by atoms with Crippen LogP contribution in [0.1, 0.15) is 11.3 Å². The highest BCUT2D eigenvalue weighted by atomic mass is 15.2. The molecule has 0 bridgehead atoms. The Kier molecular flexibility index (Phi) is 1.24. The highest BCUT2D eigenvalue weighted by molar-refractivity contribution is 5.73. The Morgan fingerprint density at radius 3 is 3.36 bits per heavy atom. The lowest BCUT2D eigenvalue weighted by atomic mass is 10.2. The second kappa shape index (κ2) is 2.22. The number of hydrogen-bond acceptors (Lipinski definition) is 2. The molecule has 2 rings (SSSR count). The second-order valence-electron chi connectivity index (χ2n) is 2.35. The first-order valence-electron chi connectivity index (χ1n) is 3.39. The van der Waals surface area contributed by atoms with E-state index in [2.05, 4.69) is 21.1 Å². The van der Waals surface area contributed by atoms with Crippen LogP contribution in [0, 0.1) is 6.92 Å². The smallest absolute Gasteiger partial charge is 0.190 e. The van der Waals surface area contributed by atoms with E-state index in [4.69, 9.17) is 0 Å². The summed E-state index contributed by atoms with van der Waals surface area (Å²) >= 11 is 0. The molecule has 1 aromatic heterocycles. The zero-order valence-electron chi connectivity index (χ0n) is 6.13. The summed E-state index contributed by atoms with van der Waals surface area (Å²) in [7, 11) is 0. The average molecular weight is 145 g/mol. The van der Waals surface area contributed by atoms with Gasteiger partial charge in [-0.3, -0.25) is 5.10 Å². The van der Waals surface area contributed by atoms with E-state index in [9.17, 15) is 0 Å². The van der Waals surface area contributed by atoms with Crippen molar-refractivity contribution >= 4 is 17.8 Å². The summed E-state index contributed by atoms with van der Waals surface area (Å²) in [5.74, 6) is 3.46. The molecular weight excluding hydrogens is 138 g/mol. The van der Waals surface area contributed by atoms with Crippen molar-refractivity contribution in [2.45, 2.75) is 6.92 Å². The van der Waals surface area contributed by atoms with Crippen LogP contribution in [0.4, 0.5) is 5.82 Å². The van der Waals surface area contributed by atoms with Crippen molar-refractivity contribution in [3.05, 3.63) is 23.4 Å². The molecule has 3 nitrogen and oxygen atoms in total. The van der Waals surface area contributed by atoms with Gasteiger partial charge < -0.3 is 0 Å². The third-order valence-corrected chi connectivity index (χ3v) is 1.58. The minimum Gasteiger partial charge on any atom is -0.280 e. The predicted molar refractivity (Wildman–Crippen MR) is 44.0 cm³/mol. The van der Waals surface area contributed by atoms with Crippen molar-refractivity contribution in [3.63, 3.8) is 0 Å². The van der Waals surface area contributed by atoms with E-state index in [0.29, 0.717) is 5.82 Å². The van der Waals surface area contributed by atoms with E-state index >= 15 is 0 Å². The van der Waals surface area contributed by atoms with Crippen LogP contribution >= 0.6 is 0 Å². The Labute approximate surface area is 64.2 Å². The molecular formula is C8H7N3. The molecule has 0 saturated carbocycles. The topological polar surface area (TPSA) is 41.0 Å². The first kappa shape index (κ1) is 6.13. The summed E-state index contributed by atoms with van der Waals surface area (Å²) in [6, 6.07) is 0. The molecule has 2 heterocycles. The molecule has 54 valence electrons. The summed E-state index contributed by atoms with van der Waals surface area (Å²) in [6.45, 7) is 1.97. The van der Waals surface area contributed by atoms with Gasteiger partial charge in [0.25, 0.3) is 0 Å². The molecule has 0 saturated heterocycles. The van der Waals surface area contributed by atoms with Crippen molar-refractivity contribution in [2.75, 3.05) is 0 Å². The lowest BCUT2D eigenvalue weighted by Crippen LogP contribution is -1.72. The molecule has 0 fully saturated rings. The van der Waals surface area contributed by atoms with Crippen molar-refractivity contribution in [1.82, 2.24) is 10.2 Å². The molecule has 11 heavy (non-hydrogen) atoms. The quantitative estimate of drug-likeness (QED) is 0.591. The second-order valence-corrected chi connectivity index (χ2v) is 2.35. The lowest BCUT2D eigenvalue weighted by molar-refractivity contribution is 1.04. The lowest BCUT2D eigenvalue weighted by Gasteiger charge is -1.86. The molecule has 0 atom stereocenters. The number of H-pyrrole nitrogens is 1. The van der Waals surface area contributed by atoms with Gasteiger partial charge in [0.05, 0.1) is 0 Å². The minimum absolute atomic E-state index is 0.715. The third kappa shape index (κ3) is 0.914. The number of nitrogens with one attached hydrogen (secondary N) is 1. The molecule has 0 spiro atoms. The van der Waals surface area contributed by atoms with Crippen LogP contribution in [0.25, 0.3) is 6.08 Å². The first-order chi connectivity index (χ1) is 5.38. The summed E-state index contributed by atoms with van der Waals surface area (Å²) in [5.41, 5.74) is 2.09. The Bertz CT molecular complexity index is 365. The minimum atomic E-state index is 0.715. The Morgan fingerprint density at radius 1 is 1.55 bits per heavy atom. The molecule has 1 aliphatic rings. The molecule has 0 unspecified atom stereocenters. The van der Waals surface area contributed by atoms with Crippen LogP contribution in [-0.2, 0) is 0 Å². The van der Waals surface area contributed by atoms with Gasteiger partial charge in [-0.15, -0.1) is 0 Å². The summed E-state index contributed by atoms with van der Waals surface area (Å²) in [5, 5.41) is 6.85. The third-order valence-electron chi connectivity index (χ3n) is 1.58. The maximum atomic E-state index is 4.00. The summed E-state index contributed by atoms with van der Waals surface area (Å²) in [4.78, 5) is 4.00. The Hall–Kier alpha value is -1.60. The number of aromatic nitrogens is 2. The fraction of sp³-hybridized carbons (Fsp3) is 0.125. The number of rotatable bonds is 0. The van der Waals surface area contributed by atoms with E-state index in [1.807, 2.05) is 19.1 Å². The van der Waals surface area contributed by atoms with E-state index in [0.717, 1.165) is 11.3 Å². The first-order valence-corrected chi connectivity index (χ1v) is 3.39. The SMILES string of the molecule is Cc1[nH]nc2c1C=CC=C=N2. The number of aliphatic imine (C=N–C) groups is 1. The van der Waals surface area contributed by atoms with Gasteiger partial charge in [0.2, 0.25) is 0 Å². The van der Waals surface area contributed by atoms with Gasteiger partial charge in [0, 0.05) is 11.3 Å². The summed E-state index contributed by atoms with van der Waals surface area (Å²) < 4.78 is 0. The van der Waals surface area contributed by atoms with E-state index in [1.54, 1.807) is 6.08 Å². The Balaban J connectivity index is 2.69. The molecule has 0 aromatic carbocycles. The van der Waals surface area contributed by atoms with E-state index in [-0.39, 0.29) is 0 Å². The zero-order valence-corrected chi connectivity index (χ0v) is 6.13. The van der Waals surface area contributed by atoms with Crippen molar-refractivity contribution in [1.29, 1.82) is 0 Å².